The van der Waals surface area contributed by atoms with Crippen LogP contribution in [0.25, 0.3) is 32.3 Å². The Balaban J connectivity index is 0.699. The van der Waals surface area contributed by atoms with Crippen LogP contribution in [0, 0.1) is 3.57 Å². The molecule has 0 saturated carbocycles. The van der Waals surface area contributed by atoms with E-state index in [0.717, 1.165) is 5.56 Å². The Labute approximate surface area is 360 Å². The van der Waals surface area contributed by atoms with Gasteiger partial charge < -0.3 is 23.7 Å². The summed E-state index contributed by atoms with van der Waals surface area (Å²) in [5.74, 6) is -0.645. The molecule has 9 nitrogen and oxygen atoms in total. The molecule has 6 aromatic carbocycles. The van der Waals surface area contributed by atoms with E-state index in [9.17, 15) is 4.79 Å². The summed E-state index contributed by atoms with van der Waals surface area (Å²) in [6.45, 7) is 6.96. The van der Waals surface area contributed by atoms with Crippen molar-refractivity contribution in [2.24, 2.45) is 0 Å². The number of amides is 1. The average Bonchev–Trinajstić information content (AvgIpc) is 3.54. The first-order valence-corrected chi connectivity index (χ1v) is 23.2. The van der Waals surface area contributed by atoms with Crippen molar-refractivity contribution in [1.29, 1.82) is 0 Å². The van der Waals surface area contributed by atoms with Crippen molar-refractivity contribution in [2.45, 2.75) is 42.5 Å². The number of ether oxygens (including phenoxy) is 6. The molecular formula is C47H50F4INO8. The molecule has 61 heavy (non-hydrogen) atoms. The second-order valence-electron chi connectivity index (χ2n) is 15.2. The van der Waals surface area contributed by atoms with Crippen LogP contribution in [-0.4, -0.2) is 93.9 Å². The molecule has 0 spiro atoms. The minimum Gasteiger partial charge on any atom is -0.377 e. The molecule has 1 aliphatic heterocycles. The van der Waals surface area contributed by atoms with Gasteiger partial charge in [-0.15, -0.1) is 0 Å². The third-order valence-corrected chi connectivity index (χ3v) is 15.8. The van der Waals surface area contributed by atoms with E-state index in [4.69, 9.17) is 26.8 Å². The quantitative estimate of drug-likeness (QED) is 0.0207. The number of likely N-dealkylation sites (N-methyl/N-ethyl adjacent to an activating group) is 1. The van der Waals surface area contributed by atoms with Crippen LogP contribution in [0.2, 0.25) is 0 Å². The molecule has 1 amide bonds. The van der Waals surface area contributed by atoms with Crippen molar-refractivity contribution in [3.63, 3.8) is 0 Å². The molecule has 0 atom stereocenters. The normalized spacial score (nSPS) is 14.6. The molecule has 0 N–H and O–H groups in total. The van der Waals surface area contributed by atoms with E-state index in [-0.39, 0.29) is 22.7 Å². The van der Waals surface area contributed by atoms with E-state index in [2.05, 4.69) is 59.3 Å². The van der Waals surface area contributed by atoms with Gasteiger partial charge in [0.2, 0.25) is 0 Å². The number of hydrogen-bond donors (Lipinski definition) is 0. The number of halogens is 5. The van der Waals surface area contributed by atoms with Gasteiger partial charge in [-0.3, -0.25) is 0 Å². The van der Waals surface area contributed by atoms with Crippen LogP contribution in [0.4, 0.5) is 17.6 Å². The molecule has 0 radical (unpaired) electrons. The molecule has 326 valence electrons. The van der Waals surface area contributed by atoms with Crippen LogP contribution in [0.15, 0.2) is 103 Å². The zero-order valence-electron chi connectivity index (χ0n) is 34.4. The number of rotatable bonds is 23. The summed E-state index contributed by atoms with van der Waals surface area (Å²) in [4.78, 5) is 14.0. The minimum atomic E-state index is -4.79. The molecule has 1 aliphatic rings. The van der Waals surface area contributed by atoms with Gasteiger partial charge in [-0.05, 0) is 37.9 Å². The van der Waals surface area contributed by atoms with E-state index in [1.807, 2.05) is 0 Å². The summed E-state index contributed by atoms with van der Waals surface area (Å²) in [6.07, 6.45) is -4.39. The Morgan fingerprint density at radius 1 is 0.672 bits per heavy atom. The third-order valence-electron chi connectivity index (χ3n) is 10.4. The Morgan fingerprint density at radius 3 is 1.92 bits per heavy atom. The zero-order chi connectivity index (χ0) is 43.0. The summed E-state index contributed by atoms with van der Waals surface area (Å²) < 4.78 is 94.7. The van der Waals surface area contributed by atoms with E-state index < -0.39 is 41.6 Å². The number of nitrogens with zero attached hydrogens (tertiary/aromatic N) is 1. The second-order valence-corrected chi connectivity index (χ2v) is 19.5. The SMILES string of the molecule is CN(CCc1ccc(OC(F)(F)C(F)(F)I2OC(C)(C)c3ccccc32)cc1)C(=O)COCCOCCOCCOCCOCc1ccc2ccc3cccc4ccc1c2c34. The Morgan fingerprint density at radius 2 is 1.25 bits per heavy atom. The fourth-order valence-corrected chi connectivity index (χ4v) is 12.3. The fourth-order valence-electron chi connectivity index (χ4n) is 7.15. The summed E-state index contributed by atoms with van der Waals surface area (Å²) in [7, 11) is 1.63. The monoisotopic (exact) mass is 959 g/mol. The van der Waals surface area contributed by atoms with Crippen LogP contribution in [-0.2, 0) is 50.2 Å². The number of carbonyl (C=O) groups is 1. The third kappa shape index (κ3) is 10.6. The van der Waals surface area contributed by atoms with E-state index in [1.54, 1.807) is 39.1 Å². The maximum absolute atomic E-state index is 15.3. The first-order chi connectivity index (χ1) is 29.4. The van der Waals surface area contributed by atoms with Crippen molar-refractivity contribution < 1.29 is 53.8 Å². The molecule has 0 bridgehead atoms. The van der Waals surface area contributed by atoms with Gasteiger partial charge in [-0.2, -0.15) is 0 Å². The van der Waals surface area contributed by atoms with Gasteiger partial charge in [0.1, 0.15) is 0 Å². The molecule has 14 heteroatoms. The van der Waals surface area contributed by atoms with Crippen molar-refractivity contribution in [3.8, 4) is 5.75 Å². The summed E-state index contributed by atoms with van der Waals surface area (Å²) >= 11 is -4.16. The predicted octanol–water partition coefficient (Wildman–Crippen LogP) is 9.99. The molecule has 7 rings (SSSR count). The van der Waals surface area contributed by atoms with Gasteiger partial charge in [0.25, 0.3) is 0 Å². The number of benzene rings is 6. The van der Waals surface area contributed by atoms with Crippen LogP contribution >= 0.6 is 20.2 Å². The Hall–Kier alpha value is -4.16. The molecule has 1 heterocycles. The van der Waals surface area contributed by atoms with Crippen LogP contribution < -0.4 is 4.74 Å². The topological polar surface area (TPSA) is 84.9 Å². The van der Waals surface area contributed by atoms with Crippen molar-refractivity contribution in [3.05, 3.63) is 123 Å². The predicted molar refractivity (Wildman–Crippen MR) is 235 cm³/mol. The number of fused-ring (bicyclic) bond motifs is 1. The summed E-state index contributed by atoms with van der Waals surface area (Å²) in [5, 5.41) is 7.51. The van der Waals surface area contributed by atoms with Crippen LogP contribution in [0.5, 0.6) is 5.75 Å². The van der Waals surface area contributed by atoms with Crippen LogP contribution in [0.1, 0.15) is 30.5 Å². The standard InChI is InChI=1S/C47H50F4INO8/c1-45(2)40-9-4-5-10-41(40)52(61-45)46(48,49)47(50,51)60-38-18-11-33(12-19-38)21-22-53(3)42(54)32-59-30-28-57-26-24-55-23-25-56-27-29-58-31-37-16-15-36-14-13-34-7-6-8-35-17-20-39(37)44(36)43(34)35/h4-20H,21-32H2,1-3H3. The molecular weight excluding hydrogens is 909 g/mol. The number of carbonyl (C=O) groups excluding carboxylic acids is 1. The molecule has 6 aromatic rings. The minimum absolute atomic E-state index is 0.137. The molecule has 0 aromatic heterocycles. The van der Waals surface area contributed by atoms with E-state index in [1.165, 1.54) is 67.5 Å². The summed E-state index contributed by atoms with van der Waals surface area (Å²) in [5.41, 5.74) is 1.25. The van der Waals surface area contributed by atoms with Gasteiger partial charge in [0, 0.05) is 0 Å². The maximum atomic E-state index is 15.3. The van der Waals surface area contributed by atoms with Crippen molar-refractivity contribution >= 4 is 58.5 Å². The first kappa shape index (κ1) is 44.9. The number of hydrogen-bond acceptors (Lipinski definition) is 8. The Bertz CT molecular complexity index is 2360. The van der Waals surface area contributed by atoms with Gasteiger partial charge in [-0.1, -0.05) is 54.6 Å². The van der Waals surface area contributed by atoms with Gasteiger partial charge in [-0.25, -0.2) is 0 Å². The zero-order valence-corrected chi connectivity index (χ0v) is 36.6. The molecule has 0 saturated heterocycles. The van der Waals surface area contributed by atoms with Gasteiger partial charge in [0.15, 0.2) is 0 Å². The van der Waals surface area contributed by atoms with Crippen LogP contribution in [0.3, 0.4) is 0 Å². The van der Waals surface area contributed by atoms with E-state index >= 15 is 17.6 Å². The smallest absolute Gasteiger partial charge is 0.377 e. The van der Waals surface area contributed by atoms with Gasteiger partial charge in [0.05, 0.1) is 59.5 Å². The van der Waals surface area contributed by atoms with Crippen molar-refractivity contribution in [2.75, 3.05) is 73.1 Å². The first-order valence-electron chi connectivity index (χ1n) is 20.2. The van der Waals surface area contributed by atoms with E-state index in [0.29, 0.717) is 76.9 Å². The summed E-state index contributed by atoms with van der Waals surface area (Å²) in [6, 6.07) is 31.1. The fraction of sp³-hybridized carbons (Fsp3) is 0.383. The van der Waals surface area contributed by atoms with Crippen molar-refractivity contribution in [1.82, 2.24) is 4.90 Å². The average molecular weight is 960 g/mol. The van der Waals surface area contributed by atoms with Gasteiger partial charge >= 0.3 is 186 Å². The molecule has 0 unspecified atom stereocenters. The Kier molecular flexibility index (Phi) is 14.6. The number of alkyl halides is 5. The second kappa shape index (κ2) is 19.9. The molecule has 0 fully saturated rings. The molecule has 0 aliphatic carbocycles.